The molecule has 0 aliphatic heterocycles. The van der Waals surface area contributed by atoms with Crippen molar-refractivity contribution in [1.29, 1.82) is 0 Å². The Morgan fingerprint density at radius 1 is 1.12 bits per heavy atom. The molecule has 9 heteroatoms. The predicted octanol–water partition coefficient (Wildman–Crippen LogP) is 4.10. The summed E-state index contributed by atoms with van der Waals surface area (Å²) in [6.45, 7) is 3.78. The molecule has 0 amide bonds. The quantitative estimate of drug-likeness (QED) is 0.544. The third kappa shape index (κ3) is 5.27. The largest absolute Gasteiger partial charge is 0.494 e. The predicted molar refractivity (Wildman–Crippen MR) is 103 cm³/mol. The summed E-state index contributed by atoms with van der Waals surface area (Å²) >= 11 is 12.1. The number of benzene rings is 2. The minimum atomic E-state index is -3.80. The number of sulfonamides is 1. The van der Waals surface area contributed by atoms with Crippen LogP contribution in [0.5, 0.6) is 11.5 Å². The molecule has 0 unspecified atom stereocenters. The van der Waals surface area contributed by atoms with Crippen LogP contribution in [0.25, 0.3) is 0 Å². The van der Waals surface area contributed by atoms with E-state index in [1.54, 1.807) is 24.3 Å². The zero-order chi connectivity index (χ0) is 19.3. The molecular formula is C17H18Cl2N2O4S. The van der Waals surface area contributed by atoms with E-state index < -0.39 is 10.0 Å². The number of nitrogens with one attached hydrogen (secondary N) is 1. The topological polar surface area (TPSA) is 77.0 Å². The van der Waals surface area contributed by atoms with E-state index >= 15 is 0 Å². The minimum absolute atomic E-state index is 0.00308. The second-order valence-corrected chi connectivity index (χ2v) is 7.98. The molecule has 0 bridgehead atoms. The highest BCUT2D eigenvalue weighted by Gasteiger charge is 2.13. The van der Waals surface area contributed by atoms with Gasteiger partial charge >= 0.3 is 0 Å². The lowest BCUT2D eigenvalue weighted by Gasteiger charge is -2.10. The molecule has 6 nitrogen and oxygen atoms in total. The first kappa shape index (κ1) is 20.4. The van der Waals surface area contributed by atoms with Gasteiger partial charge in [-0.2, -0.15) is 13.5 Å². The number of ether oxygens (including phenoxy) is 2. The van der Waals surface area contributed by atoms with Crippen LogP contribution in [0.1, 0.15) is 19.4 Å². The van der Waals surface area contributed by atoms with E-state index in [0.29, 0.717) is 27.1 Å². The lowest BCUT2D eigenvalue weighted by molar-refractivity contribution is 0.242. The Hall–Kier alpha value is -1.96. The Labute approximate surface area is 162 Å². The van der Waals surface area contributed by atoms with Crippen molar-refractivity contribution in [3.05, 3.63) is 52.0 Å². The molecule has 0 aliphatic rings. The zero-order valence-electron chi connectivity index (χ0n) is 14.4. The van der Waals surface area contributed by atoms with Gasteiger partial charge in [-0.05, 0) is 55.8 Å². The first-order chi connectivity index (χ1) is 12.2. The fourth-order valence-corrected chi connectivity index (χ4v) is 3.49. The van der Waals surface area contributed by atoms with Gasteiger partial charge in [0.05, 0.1) is 34.4 Å². The van der Waals surface area contributed by atoms with Crippen LogP contribution in [0.15, 0.2) is 46.4 Å². The van der Waals surface area contributed by atoms with Crippen LogP contribution in [0, 0.1) is 0 Å². The van der Waals surface area contributed by atoms with Crippen LogP contribution in [0.2, 0.25) is 10.0 Å². The van der Waals surface area contributed by atoms with Crippen LogP contribution < -0.4 is 14.3 Å². The number of nitrogens with zero attached hydrogens (tertiary/aromatic N) is 1. The monoisotopic (exact) mass is 416 g/mol. The van der Waals surface area contributed by atoms with Crippen molar-refractivity contribution in [3.63, 3.8) is 0 Å². The fraction of sp³-hybridized carbons (Fsp3) is 0.235. The summed E-state index contributed by atoms with van der Waals surface area (Å²) in [6, 6.07) is 9.17. The maximum atomic E-state index is 12.3. The van der Waals surface area contributed by atoms with Crippen molar-refractivity contribution in [2.75, 3.05) is 7.11 Å². The van der Waals surface area contributed by atoms with Crippen LogP contribution in [-0.2, 0) is 10.0 Å². The summed E-state index contributed by atoms with van der Waals surface area (Å²) in [4.78, 5) is 2.20. The molecule has 2 aromatic carbocycles. The van der Waals surface area contributed by atoms with Gasteiger partial charge in [0.2, 0.25) is 0 Å². The van der Waals surface area contributed by atoms with E-state index in [-0.39, 0.29) is 11.0 Å². The maximum Gasteiger partial charge on any atom is 0.276 e. The fourth-order valence-electron chi connectivity index (χ4n) is 2.04. The number of rotatable bonds is 7. The minimum Gasteiger partial charge on any atom is -0.494 e. The Kier molecular flexibility index (Phi) is 6.75. The Bertz CT molecular complexity index is 874. The molecule has 0 saturated heterocycles. The molecule has 0 heterocycles. The summed E-state index contributed by atoms with van der Waals surface area (Å²) < 4.78 is 35.0. The third-order valence-electron chi connectivity index (χ3n) is 3.12. The van der Waals surface area contributed by atoms with E-state index in [4.69, 9.17) is 32.7 Å². The molecule has 140 valence electrons. The highest BCUT2D eigenvalue weighted by atomic mass is 35.5. The second-order valence-electron chi connectivity index (χ2n) is 5.51. The van der Waals surface area contributed by atoms with Crippen molar-refractivity contribution >= 4 is 39.4 Å². The van der Waals surface area contributed by atoms with E-state index in [0.717, 1.165) is 0 Å². The average Bonchev–Trinajstić information content (AvgIpc) is 2.54. The lowest BCUT2D eigenvalue weighted by atomic mass is 10.2. The van der Waals surface area contributed by atoms with Crippen LogP contribution in [-0.4, -0.2) is 27.8 Å². The molecule has 26 heavy (non-hydrogen) atoms. The summed E-state index contributed by atoms with van der Waals surface area (Å²) in [5.41, 5.74) is 0.518. The first-order valence-electron chi connectivity index (χ1n) is 7.57. The van der Waals surface area contributed by atoms with Gasteiger partial charge in [-0.25, -0.2) is 4.83 Å². The van der Waals surface area contributed by atoms with Crippen molar-refractivity contribution in [1.82, 2.24) is 4.83 Å². The number of methoxy groups -OCH3 is 1. The van der Waals surface area contributed by atoms with Gasteiger partial charge in [-0.15, -0.1) is 0 Å². The Morgan fingerprint density at radius 2 is 1.69 bits per heavy atom. The third-order valence-corrected chi connectivity index (χ3v) is 4.92. The second kappa shape index (κ2) is 8.62. The van der Waals surface area contributed by atoms with E-state index in [1.807, 2.05) is 13.8 Å². The maximum absolute atomic E-state index is 12.3. The molecule has 1 N–H and O–H groups in total. The first-order valence-corrected chi connectivity index (χ1v) is 9.81. The summed E-state index contributed by atoms with van der Waals surface area (Å²) in [5, 5.41) is 4.34. The Balaban J connectivity index is 2.11. The van der Waals surface area contributed by atoms with Crippen molar-refractivity contribution in [2.45, 2.75) is 24.8 Å². The molecular weight excluding hydrogens is 399 g/mol. The van der Waals surface area contributed by atoms with E-state index in [2.05, 4.69) is 9.93 Å². The molecule has 0 fully saturated rings. The molecule has 0 aromatic heterocycles. The molecule has 0 spiro atoms. The summed E-state index contributed by atoms with van der Waals surface area (Å²) in [5.74, 6) is 0.930. The van der Waals surface area contributed by atoms with Gasteiger partial charge < -0.3 is 9.47 Å². The van der Waals surface area contributed by atoms with Crippen LogP contribution >= 0.6 is 23.2 Å². The molecule has 0 aliphatic carbocycles. The number of hydrogen-bond acceptors (Lipinski definition) is 5. The SMILES string of the molecule is COc1c(Cl)cc(/C=N/NS(=O)(=O)c2ccc(OC(C)C)cc2)cc1Cl. The van der Waals surface area contributed by atoms with E-state index in [1.165, 1.54) is 25.5 Å². The van der Waals surface area contributed by atoms with Gasteiger partial charge in [0, 0.05) is 0 Å². The molecule has 2 aromatic rings. The van der Waals surface area contributed by atoms with Crippen LogP contribution in [0.3, 0.4) is 0 Å². The average molecular weight is 417 g/mol. The molecule has 0 atom stereocenters. The molecule has 0 radical (unpaired) electrons. The summed E-state index contributed by atoms with van der Waals surface area (Å²) in [7, 11) is -2.35. The number of halogens is 2. The standard InChI is InChI=1S/C17H18Cl2N2O4S/c1-11(2)25-13-4-6-14(7-5-13)26(22,23)21-20-10-12-8-15(18)17(24-3)16(19)9-12/h4-11,21H,1-3H3/b20-10+. The smallest absolute Gasteiger partial charge is 0.276 e. The Morgan fingerprint density at radius 3 is 2.19 bits per heavy atom. The lowest BCUT2D eigenvalue weighted by Crippen LogP contribution is -2.18. The molecule has 0 saturated carbocycles. The highest BCUT2D eigenvalue weighted by Crippen LogP contribution is 2.33. The van der Waals surface area contributed by atoms with Crippen molar-refractivity contribution in [2.24, 2.45) is 5.10 Å². The van der Waals surface area contributed by atoms with Gasteiger partial charge in [-0.1, -0.05) is 23.2 Å². The molecule has 2 rings (SSSR count). The van der Waals surface area contributed by atoms with Gasteiger partial charge in [0.1, 0.15) is 5.75 Å². The van der Waals surface area contributed by atoms with Gasteiger partial charge in [-0.3, -0.25) is 0 Å². The number of hydrogen-bond donors (Lipinski definition) is 1. The van der Waals surface area contributed by atoms with Gasteiger partial charge in [0.25, 0.3) is 10.0 Å². The van der Waals surface area contributed by atoms with E-state index in [9.17, 15) is 8.42 Å². The highest BCUT2D eigenvalue weighted by molar-refractivity contribution is 7.89. The normalized spacial score (nSPS) is 11.8. The van der Waals surface area contributed by atoms with Gasteiger partial charge in [0.15, 0.2) is 5.75 Å². The summed E-state index contributed by atoms with van der Waals surface area (Å²) in [6.07, 6.45) is 1.30. The number of hydrazone groups is 1. The zero-order valence-corrected chi connectivity index (χ0v) is 16.7. The van der Waals surface area contributed by atoms with Crippen molar-refractivity contribution < 1.29 is 17.9 Å². The van der Waals surface area contributed by atoms with Crippen molar-refractivity contribution in [3.8, 4) is 11.5 Å². The van der Waals surface area contributed by atoms with Crippen LogP contribution in [0.4, 0.5) is 0 Å².